The highest BCUT2D eigenvalue weighted by Gasteiger charge is 2.31. The first-order valence-corrected chi connectivity index (χ1v) is 11.5. The van der Waals surface area contributed by atoms with Crippen LogP contribution in [-0.2, 0) is 22.6 Å². The van der Waals surface area contributed by atoms with Crippen molar-refractivity contribution < 1.29 is 18.7 Å². The van der Waals surface area contributed by atoms with Crippen LogP contribution in [0.25, 0.3) is 0 Å². The van der Waals surface area contributed by atoms with Crippen LogP contribution >= 0.6 is 11.6 Å². The molecule has 7 heteroatoms. The summed E-state index contributed by atoms with van der Waals surface area (Å²) >= 11 is 6.15. The van der Waals surface area contributed by atoms with Gasteiger partial charge >= 0.3 is 0 Å². The van der Waals surface area contributed by atoms with Crippen LogP contribution in [0.2, 0.25) is 5.02 Å². The highest BCUT2D eigenvalue weighted by Crippen LogP contribution is 2.24. The molecule has 1 unspecified atom stereocenters. The van der Waals surface area contributed by atoms with Crippen molar-refractivity contribution in [3.05, 3.63) is 101 Å². The Labute approximate surface area is 204 Å². The van der Waals surface area contributed by atoms with Gasteiger partial charge in [0.15, 0.2) is 6.61 Å². The van der Waals surface area contributed by atoms with E-state index in [0.29, 0.717) is 16.3 Å². The quantitative estimate of drug-likeness (QED) is 0.441. The Kier molecular flexibility index (Phi) is 9.05. The molecule has 1 N–H and O–H groups in total. The second-order valence-electron chi connectivity index (χ2n) is 8.20. The van der Waals surface area contributed by atoms with Gasteiger partial charge < -0.3 is 15.0 Å². The van der Waals surface area contributed by atoms with Gasteiger partial charge in [-0.1, -0.05) is 72.3 Å². The summed E-state index contributed by atoms with van der Waals surface area (Å²) in [7, 11) is 0. The van der Waals surface area contributed by atoms with Crippen molar-refractivity contribution in [3.8, 4) is 5.75 Å². The molecule has 3 rings (SSSR count). The van der Waals surface area contributed by atoms with Crippen molar-refractivity contribution in [2.24, 2.45) is 0 Å². The fourth-order valence-corrected chi connectivity index (χ4v) is 3.72. The molecule has 0 saturated carbocycles. The molecule has 0 fully saturated rings. The number of rotatable bonds is 10. The second kappa shape index (κ2) is 12.2. The Morgan fingerprint density at radius 2 is 1.62 bits per heavy atom. The summed E-state index contributed by atoms with van der Waals surface area (Å²) in [6.07, 6.45) is 0.270. The fourth-order valence-electron chi connectivity index (χ4n) is 3.53. The lowest BCUT2D eigenvalue weighted by molar-refractivity contribution is -0.143. The third-order valence-corrected chi connectivity index (χ3v) is 5.50. The van der Waals surface area contributed by atoms with Crippen molar-refractivity contribution in [3.63, 3.8) is 0 Å². The normalized spacial score (nSPS) is 11.7. The van der Waals surface area contributed by atoms with E-state index in [2.05, 4.69) is 5.32 Å². The minimum atomic E-state index is -0.869. The van der Waals surface area contributed by atoms with Gasteiger partial charge in [-0.05, 0) is 37.6 Å². The van der Waals surface area contributed by atoms with Gasteiger partial charge in [0, 0.05) is 24.6 Å². The lowest BCUT2D eigenvalue weighted by Crippen LogP contribution is -2.53. The molecule has 0 aliphatic heterocycles. The van der Waals surface area contributed by atoms with E-state index in [1.54, 1.807) is 42.5 Å². The minimum absolute atomic E-state index is 0.0829. The van der Waals surface area contributed by atoms with Gasteiger partial charge in [-0.15, -0.1) is 0 Å². The number of benzene rings is 3. The number of carbonyl (C=O) groups excluding carboxylic acids is 2. The first-order chi connectivity index (χ1) is 16.3. The number of hydrogen-bond donors (Lipinski definition) is 1. The number of ether oxygens (including phenoxy) is 1. The molecule has 5 nitrogen and oxygen atoms in total. The average Bonchev–Trinajstić information content (AvgIpc) is 2.82. The van der Waals surface area contributed by atoms with Gasteiger partial charge in [0.1, 0.15) is 17.6 Å². The molecule has 0 radical (unpaired) electrons. The van der Waals surface area contributed by atoms with E-state index >= 15 is 0 Å². The lowest BCUT2D eigenvalue weighted by Gasteiger charge is -2.32. The van der Waals surface area contributed by atoms with Crippen LogP contribution in [0.4, 0.5) is 4.39 Å². The molecule has 0 aliphatic carbocycles. The number of carbonyl (C=O) groups is 2. The first-order valence-electron chi connectivity index (χ1n) is 11.1. The molecule has 3 aromatic rings. The van der Waals surface area contributed by atoms with Gasteiger partial charge in [0.2, 0.25) is 5.91 Å². The smallest absolute Gasteiger partial charge is 0.261 e. The predicted molar refractivity (Wildman–Crippen MR) is 131 cm³/mol. The molecule has 2 amide bonds. The summed E-state index contributed by atoms with van der Waals surface area (Å²) in [6.45, 7) is 3.26. The molecule has 1 atom stereocenters. The zero-order chi connectivity index (χ0) is 24.5. The van der Waals surface area contributed by atoms with E-state index in [-0.39, 0.29) is 31.5 Å². The van der Waals surface area contributed by atoms with E-state index in [0.717, 1.165) is 5.56 Å². The third kappa shape index (κ3) is 7.06. The molecule has 0 spiro atoms. The number of hydrogen-bond acceptors (Lipinski definition) is 3. The maximum Gasteiger partial charge on any atom is 0.261 e. The van der Waals surface area contributed by atoms with Crippen LogP contribution in [0.15, 0.2) is 78.9 Å². The Morgan fingerprint density at radius 3 is 2.29 bits per heavy atom. The number of halogens is 2. The predicted octanol–water partition coefficient (Wildman–Crippen LogP) is 5.02. The number of nitrogens with zero attached hydrogens (tertiary/aromatic N) is 1. The van der Waals surface area contributed by atoms with Crippen LogP contribution in [0.5, 0.6) is 5.75 Å². The van der Waals surface area contributed by atoms with Crippen LogP contribution in [0, 0.1) is 5.82 Å². The summed E-state index contributed by atoms with van der Waals surface area (Å²) in [5.41, 5.74) is 1.19. The molecule has 3 aromatic carbocycles. The van der Waals surface area contributed by atoms with E-state index in [4.69, 9.17) is 16.3 Å². The summed E-state index contributed by atoms with van der Waals surface area (Å²) in [5, 5.41) is 3.26. The molecule has 0 heterocycles. The van der Waals surface area contributed by atoms with Crippen molar-refractivity contribution in [1.82, 2.24) is 10.2 Å². The topological polar surface area (TPSA) is 58.6 Å². The first kappa shape index (κ1) is 25.2. The Morgan fingerprint density at radius 1 is 0.971 bits per heavy atom. The molecular weight excluding hydrogens is 455 g/mol. The van der Waals surface area contributed by atoms with Gasteiger partial charge in [0.05, 0.1) is 5.02 Å². The SMILES string of the molecule is CC(C)NC(=O)C(Cc1ccccc1)N(Cc1ccccc1F)C(=O)COc1ccccc1Cl. The second-order valence-corrected chi connectivity index (χ2v) is 8.61. The standard InChI is InChI=1S/C27H28ClFN2O3/c1-19(2)30-27(33)24(16-20-10-4-3-5-11-20)31(17-21-12-6-8-14-23(21)29)26(32)18-34-25-15-9-7-13-22(25)28/h3-15,19,24H,16-18H2,1-2H3,(H,30,33). The zero-order valence-electron chi connectivity index (χ0n) is 19.2. The van der Waals surface area contributed by atoms with E-state index < -0.39 is 17.8 Å². The number of nitrogens with one attached hydrogen (secondary N) is 1. The zero-order valence-corrected chi connectivity index (χ0v) is 20.0. The summed E-state index contributed by atoms with van der Waals surface area (Å²) in [6, 6.07) is 21.4. The molecule has 0 saturated heterocycles. The van der Waals surface area contributed by atoms with Crippen molar-refractivity contribution in [1.29, 1.82) is 0 Å². The molecule has 178 valence electrons. The van der Waals surface area contributed by atoms with Crippen LogP contribution in [0.3, 0.4) is 0 Å². The highest BCUT2D eigenvalue weighted by molar-refractivity contribution is 6.32. The number of amides is 2. The Hall–Kier alpha value is -3.38. The minimum Gasteiger partial charge on any atom is -0.482 e. The summed E-state index contributed by atoms with van der Waals surface area (Å²) < 4.78 is 20.2. The summed E-state index contributed by atoms with van der Waals surface area (Å²) in [4.78, 5) is 28.0. The lowest BCUT2D eigenvalue weighted by atomic mass is 10.0. The average molecular weight is 483 g/mol. The van der Waals surface area contributed by atoms with E-state index in [9.17, 15) is 14.0 Å². The maximum absolute atomic E-state index is 14.5. The largest absolute Gasteiger partial charge is 0.482 e. The third-order valence-electron chi connectivity index (χ3n) is 5.19. The highest BCUT2D eigenvalue weighted by atomic mass is 35.5. The van der Waals surface area contributed by atoms with Crippen LogP contribution < -0.4 is 10.1 Å². The molecule has 0 bridgehead atoms. The Bertz CT molecular complexity index is 1110. The Balaban J connectivity index is 1.93. The molecule has 34 heavy (non-hydrogen) atoms. The van der Waals surface area contributed by atoms with E-state index in [1.165, 1.54) is 11.0 Å². The van der Waals surface area contributed by atoms with Crippen LogP contribution in [-0.4, -0.2) is 35.4 Å². The van der Waals surface area contributed by atoms with Crippen molar-refractivity contribution in [2.45, 2.75) is 38.9 Å². The molecular formula is C27H28ClFN2O3. The molecule has 0 aromatic heterocycles. The van der Waals surface area contributed by atoms with Crippen molar-refractivity contribution >= 4 is 23.4 Å². The van der Waals surface area contributed by atoms with Gasteiger partial charge in [-0.3, -0.25) is 9.59 Å². The van der Waals surface area contributed by atoms with Crippen molar-refractivity contribution in [2.75, 3.05) is 6.61 Å². The van der Waals surface area contributed by atoms with Crippen LogP contribution in [0.1, 0.15) is 25.0 Å². The monoisotopic (exact) mass is 482 g/mol. The number of para-hydroxylation sites is 1. The van der Waals surface area contributed by atoms with Gasteiger partial charge in [-0.25, -0.2) is 4.39 Å². The summed E-state index contributed by atoms with van der Waals surface area (Å²) in [5.74, 6) is -0.867. The van der Waals surface area contributed by atoms with Gasteiger partial charge in [-0.2, -0.15) is 0 Å². The maximum atomic E-state index is 14.5. The fraction of sp³-hybridized carbons (Fsp3) is 0.259. The molecule has 0 aliphatic rings. The van der Waals surface area contributed by atoms with Gasteiger partial charge in [0.25, 0.3) is 5.91 Å². The van der Waals surface area contributed by atoms with E-state index in [1.807, 2.05) is 44.2 Å².